The fourth-order valence-electron chi connectivity index (χ4n) is 3.03. The lowest BCUT2D eigenvalue weighted by Crippen LogP contribution is -2.44. The van der Waals surface area contributed by atoms with Crippen LogP contribution in [0.2, 0.25) is 5.02 Å². The van der Waals surface area contributed by atoms with Crippen LogP contribution in [-0.4, -0.2) is 43.3 Å². The lowest BCUT2D eigenvalue weighted by atomic mass is 10.1. The molecule has 0 N–H and O–H groups in total. The van der Waals surface area contributed by atoms with Crippen molar-refractivity contribution in [3.8, 4) is 0 Å². The van der Waals surface area contributed by atoms with Gasteiger partial charge in [-0.25, -0.2) is 12.8 Å². The van der Waals surface area contributed by atoms with Gasteiger partial charge in [0.05, 0.1) is 17.4 Å². The molecule has 0 bridgehead atoms. The van der Waals surface area contributed by atoms with Gasteiger partial charge in [-0.15, -0.1) is 0 Å². The number of rotatable bonds is 5. The number of halogens is 2. The number of likely N-dealkylation sites (tertiary alicyclic amines) is 1. The highest BCUT2D eigenvalue weighted by molar-refractivity contribution is 7.92. The van der Waals surface area contributed by atoms with Crippen molar-refractivity contribution in [2.24, 2.45) is 5.92 Å². The van der Waals surface area contributed by atoms with Gasteiger partial charge in [-0.3, -0.25) is 4.79 Å². The molecule has 134 valence electrons. The molecule has 1 aliphatic heterocycles. The highest BCUT2D eigenvalue weighted by atomic mass is 35.5. The zero-order valence-corrected chi connectivity index (χ0v) is 15.5. The van der Waals surface area contributed by atoms with Crippen molar-refractivity contribution in [1.82, 2.24) is 4.90 Å². The van der Waals surface area contributed by atoms with E-state index in [9.17, 15) is 17.6 Å². The summed E-state index contributed by atoms with van der Waals surface area (Å²) < 4.78 is 38.3. The summed E-state index contributed by atoms with van der Waals surface area (Å²) in [6, 6.07) is 4.33. The topological polar surface area (TPSA) is 54.5 Å². The number of hydrogen-bond acceptors (Lipinski definition) is 3. The van der Waals surface area contributed by atoms with E-state index in [2.05, 4.69) is 0 Å². The number of sulfone groups is 1. The van der Waals surface area contributed by atoms with Crippen LogP contribution in [-0.2, 0) is 21.1 Å². The standard InChI is InChI=1S/C17H23ClFNO3S/c1-12(2)11-24(22,23)13-6-8-20(9-7-13)17(21)10-14-15(18)4-3-5-16(14)19/h3-5,12-13H,6-11H2,1-2H3. The molecule has 1 amide bonds. The van der Waals surface area contributed by atoms with E-state index in [-0.39, 0.29) is 39.8 Å². The van der Waals surface area contributed by atoms with Crippen LogP contribution in [0.25, 0.3) is 0 Å². The highest BCUT2D eigenvalue weighted by Crippen LogP contribution is 2.23. The average Bonchev–Trinajstić information content (AvgIpc) is 2.50. The molecule has 0 radical (unpaired) electrons. The largest absolute Gasteiger partial charge is 0.342 e. The van der Waals surface area contributed by atoms with Crippen LogP contribution >= 0.6 is 11.6 Å². The molecule has 1 saturated heterocycles. The van der Waals surface area contributed by atoms with Crippen molar-refractivity contribution >= 4 is 27.3 Å². The molecule has 1 heterocycles. The molecule has 0 saturated carbocycles. The van der Waals surface area contributed by atoms with E-state index in [0.717, 1.165) is 0 Å². The van der Waals surface area contributed by atoms with Gasteiger partial charge < -0.3 is 4.90 Å². The number of nitrogens with zero attached hydrogens (tertiary/aromatic N) is 1. The molecule has 0 aromatic heterocycles. The second-order valence-electron chi connectivity index (χ2n) is 6.68. The molecular formula is C17H23ClFNO3S. The van der Waals surface area contributed by atoms with Gasteiger partial charge in [0.1, 0.15) is 5.82 Å². The Balaban J connectivity index is 1.96. The van der Waals surface area contributed by atoms with Gasteiger partial charge in [0.25, 0.3) is 0 Å². The molecule has 0 spiro atoms. The summed E-state index contributed by atoms with van der Waals surface area (Å²) in [5, 5.41) is -0.154. The van der Waals surface area contributed by atoms with Gasteiger partial charge in [0, 0.05) is 23.7 Å². The lowest BCUT2D eigenvalue weighted by molar-refractivity contribution is -0.131. The monoisotopic (exact) mass is 375 g/mol. The first-order valence-electron chi connectivity index (χ1n) is 8.13. The van der Waals surface area contributed by atoms with Crippen LogP contribution in [0.3, 0.4) is 0 Å². The maximum absolute atomic E-state index is 13.8. The van der Waals surface area contributed by atoms with Crippen LogP contribution in [0, 0.1) is 11.7 Å². The van der Waals surface area contributed by atoms with Crippen LogP contribution in [0.5, 0.6) is 0 Å². The number of carbonyl (C=O) groups is 1. The summed E-state index contributed by atoms with van der Waals surface area (Å²) in [7, 11) is -3.12. The van der Waals surface area contributed by atoms with Crippen molar-refractivity contribution in [2.75, 3.05) is 18.8 Å². The van der Waals surface area contributed by atoms with Crippen molar-refractivity contribution < 1.29 is 17.6 Å². The number of hydrogen-bond donors (Lipinski definition) is 0. The third-order valence-corrected chi connectivity index (χ3v) is 7.23. The molecule has 2 rings (SSSR count). The van der Waals surface area contributed by atoms with Gasteiger partial charge in [-0.1, -0.05) is 31.5 Å². The Morgan fingerprint density at radius 1 is 1.33 bits per heavy atom. The normalized spacial score (nSPS) is 16.6. The van der Waals surface area contributed by atoms with Crippen molar-refractivity contribution in [3.63, 3.8) is 0 Å². The summed E-state index contributed by atoms with van der Waals surface area (Å²) in [5.41, 5.74) is 0.193. The molecule has 0 atom stereocenters. The molecule has 1 fully saturated rings. The Hall–Kier alpha value is -1.14. The zero-order chi connectivity index (χ0) is 17.9. The Morgan fingerprint density at radius 3 is 2.50 bits per heavy atom. The second kappa shape index (κ2) is 7.83. The molecule has 0 aliphatic carbocycles. The van der Waals surface area contributed by atoms with E-state index in [1.807, 2.05) is 13.8 Å². The predicted molar refractivity (Wildman–Crippen MR) is 93.3 cm³/mol. The highest BCUT2D eigenvalue weighted by Gasteiger charge is 2.32. The van der Waals surface area contributed by atoms with Crippen molar-refractivity contribution in [1.29, 1.82) is 0 Å². The van der Waals surface area contributed by atoms with Gasteiger partial charge in [-0.2, -0.15) is 0 Å². The fourth-order valence-corrected chi connectivity index (χ4v) is 5.39. The molecule has 1 aromatic carbocycles. The van der Waals surface area contributed by atoms with E-state index in [1.165, 1.54) is 12.1 Å². The quantitative estimate of drug-likeness (QED) is 0.794. The zero-order valence-electron chi connectivity index (χ0n) is 14.0. The van der Waals surface area contributed by atoms with Gasteiger partial charge in [0.15, 0.2) is 9.84 Å². The third-order valence-electron chi connectivity index (χ3n) is 4.26. The molecular weight excluding hydrogens is 353 g/mol. The maximum Gasteiger partial charge on any atom is 0.227 e. The summed E-state index contributed by atoms with van der Waals surface area (Å²) in [5.74, 6) is -0.444. The molecule has 24 heavy (non-hydrogen) atoms. The average molecular weight is 376 g/mol. The van der Waals surface area contributed by atoms with E-state index in [1.54, 1.807) is 11.0 Å². The lowest BCUT2D eigenvalue weighted by Gasteiger charge is -2.32. The number of piperidine rings is 1. The van der Waals surface area contributed by atoms with E-state index in [4.69, 9.17) is 11.6 Å². The molecule has 1 aliphatic rings. The Kier molecular flexibility index (Phi) is 6.26. The first-order valence-corrected chi connectivity index (χ1v) is 10.2. The van der Waals surface area contributed by atoms with Crippen LogP contribution < -0.4 is 0 Å². The SMILES string of the molecule is CC(C)CS(=O)(=O)C1CCN(C(=O)Cc2c(F)cccc2Cl)CC1. The second-order valence-corrected chi connectivity index (χ2v) is 9.41. The first kappa shape index (κ1) is 19.2. The first-order chi connectivity index (χ1) is 11.2. The molecule has 7 heteroatoms. The summed E-state index contributed by atoms with van der Waals surface area (Å²) in [6.45, 7) is 4.53. The summed E-state index contributed by atoms with van der Waals surface area (Å²) in [4.78, 5) is 14.0. The van der Waals surface area contributed by atoms with Gasteiger partial charge >= 0.3 is 0 Å². The molecule has 4 nitrogen and oxygen atoms in total. The predicted octanol–water partition coefficient (Wildman–Crippen LogP) is 3.08. The van der Waals surface area contributed by atoms with E-state index >= 15 is 0 Å². The molecule has 0 unspecified atom stereocenters. The van der Waals surface area contributed by atoms with Crippen LogP contribution in [0.1, 0.15) is 32.3 Å². The molecule has 1 aromatic rings. The summed E-state index contributed by atoms with van der Waals surface area (Å²) in [6.07, 6.45) is 0.770. The number of amides is 1. The van der Waals surface area contributed by atoms with E-state index in [0.29, 0.717) is 25.9 Å². The minimum Gasteiger partial charge on any atom is -0.342 e. The van der Waals surface area contributed by atoms with Gasteiger partial charge in [0.2, 0.25) is 5.91 Å². The van der Waals surface area contributed by atoms with Gasteiger partial charge in [-0.05, 0) is 30.9 Å². The van der Waals surface area contributed by atoms with Crippen molar-refractivity contribution in [2.45, 2.75) is 38.4 Å². The number of benzene rings is 1. The smallest absolute Gasteiger partial charge is 0.227 e. The Bertz CT molecular complexity index is 678. The van der Waals surface area contributed by atoms with E-state index < -0.39 is 15.7 Å². The fraction of sp³-hybridized carbons (Fsp3) is 0.588. The number of carbonyl (C=O) groups excluding carboxylic acids is 1. The third kappa shape index (κ3) is 4.70. The summed E-state index contributed by atoms with van der Waals surface area (Å²) >= 11 is 5.95. The Morgan fingerprint density at radius 2 is 1.96 bits per heavy atom. The van der Waals surface area contributed by atoms with Crippen molar-refractivity contribution in [3.05, 3.63) is 34.6 Å². The Labute approximate surface area is 147 Å². The minimum absolute atomic E-state index is 0.0952. The minimum atomic E-state index is -3.12. The van der Waals surface area contributed by atoms with Crippen LogP contribution in [0.15, 0.2) is 18.2 Å². The van der Waals surface area contributed by atoms with Crippen LogP contribution in [0.4, 0.5) is 4.39 Å². The maximum atomic E-state index is 13.8.